The third-order valence-electron chi connectivity index (χ3n) is 9.72. The van der Waals surface area contributed by atoms with Gasteiger partial charge in [-0.05, 0) is 155 Å². The van der Waals surface area contributed by atoms with Crippen LogP contribution < -0.4 is 5.32 Å². The van der Waals surface area contributed by atoms with Crippen molar-refractivity contribution in [1.29, 1.82) is 0 Å². The largest absolute Gasteiger partial charge is 0.307 e. The van der Waals surface area contributed by atoms with Crippen molar-refractivity contribution < 1.29 is 0 Å². The first-order valence-corrected chi connectivity index (χ1v) is 17.3. The normalized spacial score (nSPS) is 25.3. The summed E-state index contributed by atoms with van der Waals surface area (Å²) in [5, 5.41) is 3.75. The van der Waals surface area contributed by atoms with E-state index in [0.717, 1.165) is 11.8 Å². The summed E-state index contributed by atoms with van der Waals surface area (Å²) in [7, 11) is 2.29. The molecule has 3 aliphatic rings. The molecule has 2 heterocycles. The highest BCUT2D eigenvalue weighted by atomic mass is 15.2. The Labute approximate surface area is 260 Å². The highest BCUT2D eigenvalue weighted by Gasteiger charge is 2.43. The van der Waals surface area contributed by atoms with Gasteiger partial charge in [0, 0.05) is 22.2 Å². The van der Waals surface area contributed by atoms with Gasteiger partial charge in [0.1, 0.15) is 0 Å². The monoisotopic (exact) mass is 575 g/mol. The van der Waals surface area contributed by atoms with Gasteiger partial charge in [-0.15, -0.1) is 0 Å². The second-order valence-electron chi connectivity index (χ2n) is 20.4. The molecule has 1 N–H and O–H groups in total. The van der Waals surface area contributed by atoms with Crippen molar-refractivity contribution in [3.63, 3.8) is 0 Å². The molecule has 0 amide bonds. The second kappa shape index (κ2) is 13.7. The molecule has 2 fully saturated rings. The maximum atomic E-state index is 3.75. The van der Waals surface area contributed by atoms with Crippen LogP contribution in [0.2, 0.25) is 0 Å². The summed E-state index contributed by atoms with van der Waals surface area (Å²) in [4.78, 5) is 2.57. The van der Waals surface area contributed by atoms with Gasteiger partial charge in [0.15, 0.2) is 0 Å². The summed E-state index contributed by atoms with van der Waals surface area (Å²) < 4.78 is 0. The van der Waals surface area contributed by atoms with Crippen LogP contribution in [0.15, 0.2) is 11.6 Å². The van der Waals surface area contributed by atoms with Gasteiger partial charge in [0.05, 0.1) is 0 Å². The number of nitrogens with one attached hydrogen (secondary N) is 1. The summed E-state index contributed by atoms with van der Waals surface area (Å²) in [6.45, 7) is 40.0. The Balaban J connectivity index is 0.000000316. The van der Waals surface area contributed by atoms with Crippen LogP contribution >= 0.6 is 0 Å². The van der Waals surface area contributed by atoms with Gasteiger partial charge in [-0.25, -0.2) is 0 Å². The lowest BCUT2D eigenvalue weighted by molar-refractivity contribution is -0.0380. The zero-order chi connectivity index (χ0) is 32.3. The Hall–Kier alpha value is -0.340. The molecule has 3 rings (SSSR count). The van der Waals surface area contributed by atoms with Crippen LogP contribution in [0.3, 0.4) is 0 Å². The minimum atomic E-state index is 0.303. The number of hydrogen-bond acceptors (Lipinski definition) is 2. The molecule has 1 aliphatic carbocycles. The lowest BCUT2D eigenvalue weighted by Crippen LogP contribution is -2.58. The third kappa shape index (κ3) is 14.8. The van der Waals surface area contributed by atoms with Gasteiger partial charge in [0.2, 0.25) is 0 Å². The summed E-state index contributed by atoms with van der Waals surface area (Å²) in [5.41, 5.74) is 4.32. The summed E-state index contributed by atoms with van der Waals surface area (Å²) in [6.07, 6.45) is 15.9. The molecule has 0 aromatic rings. The molecule has 0 bridgehead atoms. The smallest absolute Gasteiger partial charge is 0.0158 e. The molecular formula is C39H78N2. The minimum absolute atomic E-state index is 0.303. The van der Waals surface area contributed by atoms with Crippen molar-refractivity contribution in [1.82, 2.24) is 10.2 Å². The molecule has 0 radical (unpaired) electrons. The third-order valence-corrected chi connectivity index (χ3v) is 9.72. The molecule has 2 heteroatoms. The van der Waals surface area contributed by atoms with E-state index in [1.165, 1.54) is 64.2 Å². The molecule has 0 unspecified atom stereocenters. The number of rotatable bonds is 2. The molecule has 2 nitrogen and oxygen atoms in total. The van der Waals surface area contributed by atoms with E-state index in [0.29, 0.717) is 38.4 Å². The maximum Gasteiger partial charge on any atom is 0.0158 e. The van der Waals surface area contributed by atoms with Crippen LogP contribution in [-0.4, -0.2) is 34.1 Å². The van der Waals surface area contributed by atoms with E-state index in [2.05, 4.69) is 141 Å². The van der Waals surface area contributed by atoms with E-state index in [1.807, 2.05) is 0 Å². The van der Waals surface area contributed by atoms with E-state index in [9.17, 15) is 0 Å². The van der Waals surface area contributed by atoms with Crippen molar-refractivity contribution in [2.75, 3.05) is 7.05 Å². The first-order valence-electron chi connectivity index (χ1n) is 17.3. The van der Waals surface area contributed by atoms with Crippen LogP contribution in [0.1, 0.15) is 182 Å². The summed E-state index contributed by atoms with van der Waals surface area (Å²) >= 11 is 0. The topological polar surface area (TPSA) is 15.3 Å². The van der Waals surface area contributed by atoms with Gasteiger partial charge in [-0.1, -0.05) is 74.0 Å². The van der Waals surface area contributed by atoms with Gasteiger partial charge in [0.25, 0.3) is 0 Å². The Morgan fingerprint density at radius 2 is 1.05 bits per heavy atom. The molecule has 2 saturated heterocycles. The second-order valence-corrected chi connectivity index (χ2v) is 20.4. The quantitative estimate of drug-likeness (QED) is 0.330. The van der Waals surface area contributed by atoms with E-state index < -0.39 is 0 Å². The van der Waals surface area contributed by atoms with Crippen LogP contribution in [0.5, 0.6) is 0 Å². The fourth-order valence-corrected chi connectivity index (χ4v) is 8.65. The van der Waals surface area contributed by atoms with Crippen molar-refractivity contribution in [3.8, 4) is 0 Å². The van der Waals surface area contributed by atoms with Crippen molar-refractivity contribution in [2.24, 2.45) is 28.1 Å². The Bertz CT molecular complexity index is 782. The summed E-state index contributed by atoms with van der Waals surface area (Å²) in [6, 6.07) is 0. The van der Waals surface area contributed by atoms with E-state index in [-0.39, 0.29) is 0 Å². The molecule has 0 saturated carbocycles. The van der Waals surface area contributed by atoms with E-state index >= 15 is 0 Å². The summed E-state index contributed by atoms with van der Waals surface area (Å²) in [5.74, 6) is 1.75. The van der Waals surface area contributed by atoms with E-state index in [1.54, 1.807) is 5.57 Å². The van der Waals surface area contributed by atoms with Gasteiger partial charge < -0.3 is 5.32 Å². The van der Waals surface area contributed by atoms with Crippen LogP contribution in [0, 0.1) is 28.1 Å². The molecule has 0 aromatic carbocycles. The zero-order valence-corrected chi connectivity index (χ0v) is 31.8. The highest BCUT2D eigenvalue weighted by molar-refractivity contribution is 5.12. The average Bonchev–Trinajstić information content (AvgIpc) is 2.67. The number of hydrogen-bond donors (Lipinski definition) is 1. The number of allylic oxidation sites excluding steroid dienone is 2. The van der Waals surface area contributed by atoms with Crippen molar-refractivity contribution in [2.45, 2.75) is 204 Å². The van der Waals surface area contributed by atoms with Gasteiger partial charge >= 0.3 is 0 Å². The first-order chi connectivity index (χ1) is 18.0. The predicted octanol–water partition coefficient (Wildman–Crippen LogP) is 11.8. The number of likely N-dealkylation sites (tertiary alicyclic amines) is 1. The molecule has 0 atom stereocenters. The molecular weight excluding hydrogens is 496 g/mol. The molecule has 41 heavy (non-hydrogen) atoms. The molecule has 0 aromatic heterocycles. The number of nitrogens with zero attached hydrogens (tertiary/aromatic N) is 1. The molecule has 244 valence electrons. The Kier molecular flexibility index (Phi) is 13.0. The maximum absolute atomic E-state index is 3.75. The Morgan fingerprint density at radius 3 is 1.34 bits per heavy atom. The lowest BCUT2D eigenvalue weighted by Gasteiger charge is -2.54. The Morgan fingerprint density at radius 1 is 0.659 bits per heavy atom. The molecule has 0 spiro atoms. The lowest BCUT2D eigenvalue weighted by atomic mass is 9.69. The standard InChI is InChI=1S/C15H31N.C14H29N.C10H18/c1-13(2,3)9-12-10-14(4,5)16(8)15(6,7)11-12;1-12(2,3)8-11-9-13(4,5)15-14(6,7)10-11;1-10(2,3)9-7-5-4-6-8-9/h12H,9-11H2,1-8H3;11,15H,8-10H2,1-7H3;7H,4-6,8H2,1-3H3. The average molecular weight is 575 g/mol. The van der Waals surface area contributed by atoms with Gasteiger partial charge in [-0.2, -0.15) is 0 Å². The van der Waals surface area contributed by atoms with Gasteiger partial charge in [-0.3, -0.25) is 4.90 Å². The first kappa shape index (κ1) is 38.7. The fourth-order valence-electron chi connectivity index (χ4n) is 8.65. The number of piperidine rings is 2. The highest BCUT2D eigenvalue weighted by Crippen LogP contribution is 2.44. The molecule has 2 aliphatic heterocycles. The van der Waals surface area contributed by atoms with E-state index in [4.69, 9.17) is 0 Å². The van der Waals surface area contributed by atoms with Crippen molar-refractivity contribution in [3.05, 3.63) is 11.6 Å². The van der Waals surface area contributed by atoms with Crippen LogP contribution in [-0.2, 0) is 0 Å². The minimum Gasteiger partial charge on any atom is -0.307 e. The predicted molar refractivity (Wildman–Crippen MR) is 187 cm³/mol. The van der Waals surface area contributed by atoms with Crippen molar-refractivity contribution >= 4 is 0 Å². The zero-order valence-electron chi connectivity index (χ0n) is 31.8. The SMILES string of the molecule is CC(C)(C)C1=CCCCC1.CC(C)(C)CC1CC(C)(C)NC(C)(C)C1.CN1C(C)(C)CC(CC(C)(C)C)CC1(C)C. The fraction of sp³-hybridized carbons (Fsp3) is 0.949. The van der Waals surface area contributed by atoms with Crippen LogP contribution in [0.4, 0.5) is 0 Å². The van der Waals surface area contributed by atoms with Crippen LogP contribution in [0.25, 0.3) is 0 Å².